The van der Waals surface area contributed by atoms with Crippen molar-refractivity contribution in [2.24, 2.45) is 7.05 Å². The third-order valence-corrected chi connectivity index (χ3v) is 5.61. The number of rotatable bonds is 6. The molecule has 5 heteroatoms. The Morgan fingerprint density at radius 3 is 2.64 bits per heavy atom. The lowest BCUT2D eigenvalue weighted by Crippen LogP contribution is -1.97. The minimum absolute atomic E-state index is 0.138. The summed E-state index contributed by atoms with van der Waals surface area (Å²) < 4.78 is 19.1. The molecule has 0 bridgehead atoms. The van der Waals surface area contributed by atoms with Gasteiger partial charge in [-0.05, 0) is 48.0 Å². The van der Waals surface area contributed by atoms with Gasteiger partial charge >= 0.3 is 0 Å². The van der Waals surface area contributed by atoms with Crippen LogP contribution in [0.3, 0.4) is 0 Å². The molecule has 0 spiro atoms. The van der Waals surface area contributed by atoms with Crippen molar-refractivity contribution < 1.29 is 19.0 Å². The van der Waals surface area contributed by atoms with E-state index in [9.17, 15) is 4.79 Å². The number of ketones is 1. The fraction of sp³-hybridized carbons (Fsp3) is 0.107. The van der Waals surface area contributed by atoms with E-state index in [-0.39, 0.29) is 5.78 Å². The van der Waals surface area contributed by atoms with Crippen LogP contribution in [0.25, 0.3) is 23.1 Å². The lowest BCUT2D eigenvalue weighted by Gasteiger charge is -2.04. The average molecular weight is 437 g/mol. The van der Waals surface area contributed by atoms with Crippen molar-refractivity contribution in [3.8, 4) is 17.2 Å². The van der Waals surface area contributed by atoms with Crippen molar-refractivity contribution >= 4 is 28.8 Å². The number of fused-ring (bicyclic) bond motifs is 2. The number of nitrogens with zero attached hydrogens (tertiary/aromatic N) is 1. The Labute approximate surface area is 192 Å². The first-order valence-electron chi connectivity index (χ1n) is 10.7. The quantitative estimate of drug-likeness (QED) is 0.353. The van der Waals surface area contributed by atoms with Crippen LogP contribution < -0.4 is 14.2 Å². The summed E-state index contributed by atoms with van der Waals surface area (Å²) in [4.78, 5) is 12.9. The van der Waals surface area contributed by atoms with Gasteiger partial charge in [0, 0.05) is 35.8 Å². The molecule has 0 saturated carbocycles. The van der Waals surface area contributed by atoms with Crippen molar-refractivity contribution in [1.29, 1.82) is 0 Å². The zero-order chi connectivity index (χ0) is 22.8. The molecule has 0 amide bonds. The minimum atomic E-state index is -0.138. The Hall–Kier alpha value is -4.25. The maximum Gasteiger partial charge on any atom is 0.231 e. The van der Waals surface area contributed by atoms with E-state index in [1.165, 1.54) is 0 Å². The Kier molecular flexibility index (Phi) is 5.45. The summed E-state index contributed by atoms with van der Waals surface area (Å²) >= 11 is 0. The van der Waals surface area contributed by atoms with Gasteiger partial charge in [-0.3, -0.25) is 4.79 Å². The molecule has 33 heavy (non-hydrogen) atoms. The molecule has 5 nitrogen and oxygen atoms in total. The standard InChI is InChI=1S/C28H23NO4/c1-29-18-20(24-16-21(31-2)11-13-25(24)29)15-27-28(30)23-12-10-22(17-26(23)33-27)32-14-6-9-19-7-4-3-5-8-19/h3-13,15-18H,14H2,1-2H3/b9-6+,27-15+. The van der Waals surface area contributed by atoms with E-state index >= 15 is 0 Å². The van der Waals surface area contributed by atoms with Crippen molar-refractivity contribution in [1.82, 2.24) is 4.57 Å². The van der Waals surface area contributed by atoms with Crippen LogP contribution in [0.2, 0.25) is 0 Å². The molecule has 0 aliphatic carbocycles. The van der Waals surface area contributed by atoms with E-state index in [0.717, 1.165) is 27.8 Å². The zero-order valence-corrected chi connectivity index (χ0v) is 18.4. The minimum Gasteiger partial charge on any atom is -0.497 e. The van der Waals surface area contributed by atoms with Gasteiger partial charge in [0.2, 0.25) is 5.78 Å². The highest BCUT2D eigenvalue weighted by Crippen LogP contribution is 2.36. The molecule has 1 aromatic heterocycles. The predicted octanol–water partition coefficient (Wildman–Crippen LogP) is 5.90. The largest absolute Gasteiger partial charge is 0.497 e. The molecule has 5 rings (SSSR count). The van der Waals surface area contributed by atoms with Gasteiger partial charge in [0.05, 0.1) is 12.7 Å². The van der Waals surface area contributed by atoms with Gasteiger partial charge in [0.1, 0.15) is 23.9 Å². The molecule has 0 saturated heterocycles. The molecule has 0 N–H and O–H groups in total. The van der Waals surface area contributed by atoms with Gasteiger partial charge in [-0.25, -0.2) is 0 Å². The summed E-state index contributed by atoms with van der Waals surface area (Å²) in [5.74, 6) is 2.07. The smallest absolute Gasteiger partial charge is 0.231 e. The first kappa shape index (κ1) is 20.6. The molecule has 164 valence electrons. The molecule has 1 aliphatic rings. The van der Waals surface area contributed by atoms with Gasteiger partial charge < -0.3 is 18.8 Å². The van der Waals surface area contributed by atoms with Gasteiger partial charge in [-0.2, -0.15) is 0 Å². The van der Waals surface area contributed by atoms with E-state index in [1.54, 1.807) is 31.4 Å². The molecule has 0 unspecified atom stereocenters. The molecule has 2 heterocycles. The lowest BCUT2D eigenvalue weighted by atomic mass is 10.1. The third kappa shape index (κ3) is 4.13. The Morgan fingerprint density at radius 1 is 1.00 bits per heavy atom. The predicted molar refractivity (Wildman–Crippen MR) is 130 cm³/mol. The number of hydrogen-bond donors (Lipinski definition) is 0. The highest BCUT2D eigenvalue weighted by Gasteiger charge is 2.28. The number of Topliss-reactive ketones (excluding diaryl/α,β-unsaturated/α-hetero) is 1. The van der Waals surface area contributed by atoms with E-state index in [4.69, 9.17) is 14.2 Å². The summed E-state index contributed by atoms with van der Waals surface area (Å²) in [6.07, 6.45) is 7.72. The second-order valence-corrected chi connectivity index (χ2v) is 7.80. The van der Waals surface area contributed by atoms with Crippen LogP contribution in [0.1, 0.15) is 21.5 Å². The molecule has 0 atom stereocenters. The van der Waals surface area contributed by atoms with Crippen LogP contribution in [0.15, 0.2) is 84.8 Å². The highest BCUT2D eigenvalue weighted by atomic mass is 16.5. The summed E-state index contributed by atoms with van der Waals surface area (Å²) in [7, 11) is 3.61. The van der Waals surface area contributed by atoms with Crippen LogP contribution in [0, 0.1) is 0 Å². The Morgan fingerprint density at radius 2 is 1.82 bits per heavy atom. The van der Waals surface area contributed by atoms with Crippen molar-refractivity contribution in [3.05, 3.63) is 101 Å². The third-order valence-electron chi connectivity index (χ3n) is 5.61. The van der Waals surface area contributed by atoms with Crippen molar-refractivity contribution in [3.63, 3.8) is 0 Å². The highest BCUT2D eigenvalue weighted by molar-refractivity contribution is 6.15. The molecular weight excluding hydrogens is 414 g/mol. The maximum absolute atomic E-state index is 12.9. The number of aryl methyl sites for hydroxylation is 1. The van der Waals surface area contributed by atoms with Gasteiger partial charge in [-0.1, -0.05) is 36.4 Å². The van der Waals surface area contributed by atoms with Crippen LogP contribution in [-0.4, -0.2) is 24.1 Å². The Bertz CT molecular complexity index is 1400. The van der Waals surface area contributed by atoms with Crippen LogP contribution in [-0.2, 0) is 7.05 Å². The molecule has 0 fully saturated rings. The maximum atomic E-state index is 12.9. The van der Waals surface area contributed by atoms with Crippen LogP contribution in [0.5, 0.6) is 17.2 Å². The number of ether oxygens (including phenoxy) is 3. The fourth-order valence-electron chi connectivity index (χ4n) is 3.93. The number of aromatic nitrogens is 1. The second kappa shape index (κ2) is 8.71. The lowest BCUT2D eigenvalue weighted by molar-refractivity contribution is 0.101. The van der Waals surface area contributed by atoms with Crippen LogP contribution >= 0.6 is 0 Å². The van der Waals surface area contributed by atoms with E-state index in [1.807, 2.05) is 78.5 Å². The number of carbonyl (C=O) groups is 1. The number of allylic oxidation sites excluding steroid dienone is 1. The first-order chi connectivity index (χ1) is 16.1. The Balaban J connectivity index is 1.34. The SMILES string of the molecule is COc1ccc2c(c1)c(/C=C1/Oc3cc(OC/C=C/c4ccccc4)ccc3C1=O)cn2C. The number of benzene rings is 3. The molecule has 4 aromatic rings. The van der Waals surface area contributed by atoms with E-state index in [2.05, 4.69) is 0 Å². The average Bonchev–Trinajstić information content (AvgIpc) is 3.32. The first-order valence-corrected chi connectivity index (χ1v) is 10.7. The van der Waals surface area contributed by atoms with Gasteiger partial charge in [0.25, 0.3) is 0 Å². The molecular formula is C28H23NO4. The second-order valence-electron chi connectivity index (χ2n) is 7.80. The van der Waals surface area contributed by atoms with E-state index < -0.39 is 0 Å². The summed E-state index contributed by atoms with van der Waals surface area (Å²) in [5.41, 5.74) is 3.59. The van der Waals surface area contributed by atoms with Crippen molar-refractivity contribution in [2.75, 3.05) is 13.7 Å². The molecule has 3 aromatic carbocycles. The summed E-state index contributed by atoms with van der Waals surface area (Å²) in [6.45, 7) is 0.419. The van der Waals surface area contributed by atoms with Crippen molar-refractivity contribution in [2.45, 2.75) is 0 Å². The van der Waals surface area contributed by atoms with Gasteiger partial charge in [-0.15, -0.1) is 0 Å². The number of hydrogen-bond acceptors (Lipinski definition) is 4. The fourth-order valence-corrected chi connectivity index (χ4v) is 3.93. The monoisotopic (exact) mass is 437 g/mol. The summed E-state index contributed by atoms with van der Waals surface area (Å²) in [6, 6.07) is 21.2. The zero-order valence-electron chi connectivity index (χ0n) is 18.4. The normalized spacial score (nSPS) is 14.1. The van der Waals surface area contributed by atoms with E-state index in [0.29, 0.717) is 29.4 Å². The summed E-state index contributed by atoms with van der Waals surface area (Å²) in [5, 5.41) is 0.992. The molecule has 1 aliphatic heterocycles. The topological polar surface area (TPSA) is 49.7 Å². The number of methoxy groups -OCH3 is 1. The molecule has 0 radical (unpaired) electrons. The van der Waals surface area contributed by atoms with Crippen LogP contribution in [0.4, 0.5) is 0 Å². The number of carbonyl (C=O) groups excluding carboxylic acids is 1. The van der Waals surface area contributed by atoms with Gasteiger partial charge in [0.15, 0.2) is 5.76 Å².